The number of nitrogens with one attached hydrogen (secondary N) is 1. The van der Waals surface area contributed by atoms with Gasteiger partial charge in [0.15, 0.2) is 0 Å². The maximum absolute atomic E-state index is 11.2. The Morgan fingerprint density at radius 3 is 2.40 bits per heavy atom. The normalized spacial score (nSPS) is 14.9. The van der Waals surface area contributed by atoms with Gasteiger partial charge in [-0.1, -0.05) is 44.2 Å². The van der Waals surface area contributed by atoms with E-state index in [1.165, 1.54) is 11.8 Å². The Balaban J connectivity index is 2.63. The van der Waals surface area contributed by atoms with Gasteiger partial charge >= 0.3 is 0 Å². The summed E-state index contributed by atoms with van der Waals surface area (Å²) in [5.41, 5.74) is 1.31. The molecule has 1 rings (SSSR count). The Hall–Kier alpha value is -0.870. The molecule has 0 fully saturated rings. The van der Waals surface area contributed by atoms with Gasteiger partial charge in [0.1, 0.15) is 9.84 Å². The molecule has 1 aromatic rings. The molecule has 0 aliphatic heterocycles. The van der Waals surface area contributed by atoms with Crippen LogP contribution < -0.4 is 5.32 Å². The van der Waals surface area contributed by atoms with E-state index in [1.54, 1.807) is 0 Å². The summed E-state index contributed by atoms with van der Waals surface area (Å²) in [6.45, 7) is 5.33. The average Bonchev–Trinajstić information content (AvgIpc) is 2.41. The van der Waals surface area contributed by atoms with E-state index in [0.717, 1.165) is 25.8 Å². The van der Waals surface area contributed by atoms with Crippen LogP contribution in [-0.2, 0) is 9.84 Å². The van der Waals surface area contributed by atoms with Crippen LogP contribution in [0.2, 0.25) is 0 Å². The van der Waals surface area contributed by atoms with Crippen molar-refractivity contribution in [1.82, 2.24) is 5.32 Å². The lowest BCUT2D eigenvalue weighted by molar-refractivity contribution is 0.420. The van der Waals surface area contributed by atoms with Crippen LogP contribution in [-0.4, -0.2) is 33.0 Å². The van der Waals surface area contributed by atoms with Gasteiger partial charge in [0.05, 0.1) is 0 Å². The van der Waals surface area contributed by atoms with Gasteiger partial charge in [0, 0.05) is 18.1 Å². The van der Waals surface area contributed by atoms with Gasteiger partial charge in [-0.3, -0.25) is 0 Å². The standard InChI is InChI=1S/C16H27NO2S/c1-4-12-17-16(11-8-13-20(3,18)19)14(2)15-9-6-5-7-10-15/h5-7,9-10,14,16-17H,4,8,11-13H2,1-3H3. The second-order valence-corrected chi connectivity index (χ2v) is 7.79. The van der Waals surface area contributed by atoms with Crippen molar-refractivity contribution in [2.75, 3.05) is 18.6 Å². The molecule has 1 N–H and O–H groups in total. The molecule has 1 aromatic carbocycles. The maximum atomic E-state index is 11.2. The zero-order valence-corrected chi connectivity index (χ0v) is 13.6. The number of hydrogen-bond donors (Lipinski definition) is 1. The minimum atomic E-state index is -2.86. The summed E-state index contributed by atoms with van der Waals surface area (Å²) in [5, 5.41) is 3.56. The van der Waals surface area contributed by atoms with E-state index in [9.17, 15) is 8.42 Å². The van der Waals surface area contributed by atoms with Crippen LogP contribution in [0.25, 0.3) is 0 Å². The minimum Gasteiger partial charge on any atom is -0.313 e. The summed E-state index contributed by atoms with van der Waals surface area (Å²) in [6.07, 6.45) is 4.01. The molecule has 0 aromatic heterocycles. The summed E-state index contributed by atoms with van der Waals surface area (Å²) in [5.74, 6) is 0.668. The van der Waals surface area contributed by atoms with E-state index in [-0.39, 0.29) is 5.75 Å². The first-order chi connectivity index (χ1) is 9.44. The number of sulfone groups is 1. The third-order valence-electron chi connectivity index (χ3n) is 3.62. The third-order valence-corrected chi connectivity index (χ3v) is 4.65. The molecule has 0 aliphatic carbocycles. The van der Waals surface area contributed by atoms with Crippen LogP contribution in [0, 0.1) is 0 Å². The first-order valence-corrected chi connectivity index (χ1v) is 9.46. The molecule has 20 heavy (non-hydrogen) atoms. The smallest absolute Gasteiger partial charge is 0.147 e. The SMILES string of the molecule is CCCNC(CCCS(C)(=O)=O)C(C)c1ccccc1. The molecule has 114 valence electrons. The molecular weight excluding hydrogens is 270 g/mol. The van der Waals surface area contributed by atoms with Crippen LogP contribution in [0.1, 0.15) is 44.6 Å². The third kappa shape index (κ3) is 6.53. The minimum absolute atomic E-state index is 0.277. The molecule has 4 heteroatoms. The van der Waals surface area contributed by atoms with Crippen molar-refractivity contribution in [1.29, 1.82) is 0 Å². The zero-order valence-electron chi connectivity index (χ0n) is 12.8. The molecule has 0 heterocycles. The summed E-state index contributed by atoms with van der Waals surface area (Å²) >= 11 is 0. The van der Waals surface area contributed by atoms with Crippen molar-refractivity contribution in [3.8, 4) is 0 Å². The molecule has 0 saturated carbocycles. The largest absolute Gasteiger partial charge is 0.313 e. The monoisotopic (exact) mass is 297 g/mol. The zero-order chi connectivity index (χ0) is 15.0. The van der Waals surface area contributed by atoms with Crippen molar-refractivity contribution in [3.05, 3.63) is 35.9 Å². The lowest BCUT2D eigenvalue weighted by Crippen LogP contribution is -2.34. The molecule has 2 atom stereocenters. The van der Waals surface area contributed by atoms with Crippen LogP contribution in [0.5, 0.6) is 0 Å². The average molecular weight is 297 g/mol. The highest BCUT2D eigenvalue weighted by Gasteiger charge is 2.18. The number of hydrogen-bond acceptors (Lipinski definition) is 3. The summed E-state index contributed by atoms with van der Waals surface area (Å²) in [7, 11) is -2.86. The molecule has 2 unspecified atom stereocenters. The highest BCUT2D eigenvalue weighted by molar-refractivity contribution is 7.90. The van der Waals surface area contributed by atoms with Crippen molar-refractivity contribution in [2.24, 2.45) is 0 Å². The van der Waals surface area contributed by atoms with Crippen LogP contribution in [0.15, 0.2) is 30.3 Å². The number of rotatable bonds is 9. The van der Waals surface area contributed by atoms with Crippen LogP contribution in [0.3, 0.4) is 0 Å². The van der Waals surface area contributed by atoms with Crippen molar-refractivity contribution in [2.45, 2.75) is 45.1 Å². The van der Waals surface area contributed by atoms with E-state index in [1.807, 2.05) is 6.07 Å². The van der Waals surface area contributed by atoms with Gasteiger partial charge in [-0.2, -0.15) is 0 Å². The maximum Gasteiger partial charge on any atom is 0.147 e. The van der Waals surface area contributed by atoms with Gasteiger partial charge in [-0.25, -0.2) is 8.42 Å². The van der Waals surface area contributed by atoms with Crippen LogP contribution >= 0.6 is 0 Å². The summed E-state index contributed by atoms with van der Waals surface area (Å²) in [6, 6.07) is 10.7. The van der Waals surface area contributed by atoms with Gasteiger partial charge in [-0.15, -0.1) is 0 Å². The second-order valence-electron chi connectivity index (χ2n) is 5.53. The molecule has 0 radical (unpaired) electrons. The highest BCUT2D eigenvalue weighted by Crippen LogP contribution is 2.22. The van der Waals surface area contributed by atoms with E-state index >= 15 is 0 Å². The van der Waals surface area contributed by atoms with Crippen molar-refractivity contribution in [3.63, 3.8) is 0 Å². The van der Waals surface area contributed by atoms with Gasteiger partial charge < -0.3 is 5.32 Å². The summed E-state index contributed by atoms with van der Waals surface area (Å²) < 4.78 is 22.5. The van der Waals surface area contributed by atoms with Crippen LogP contribution in [0.4, 0.5) is 0 Å². The fourth-order valence-corrected chi connectivity index (χ4v) is 3.10. The van der Waals surface area contributed by atoms with Gasteiger partial charge in [0.2, 0.25) is 0 Å². The molecule has 0 saturated heterocycles. The highest BCUT2D eigenvalue weighted by atomic mass is 32.2. The van der Waals surface area contributed by atoms with Gasteiger partial charge in [-0.05, 0) is 37.3 Å². The Kier molecular flexibility index (Phi) is 7.24. The molecular formula is C16H27NO2S. The summed E-state index contributed by atoms with van der Waals surface area (Å²) in [4.78, 5) is 0. The number of benzene rings is 1. The van der Waals surface area contributed by atoms with Crippen molar-refractivity contribution >= 4 is 9.84 Å². The Bertz CT molecular complexity index is 471. The molecule has 0 bridgehead atoms. The van der Waals surface area contributed by atoms with Gasteiger partial charge in [0.25, 0.3) is 0 Å². The molecule has 0 aliphatic rings. The quantitative estimate of drug-likeness (QED) is 0.762. The molecule has 0 spiro atoms. The first kappa shape index (κ1) is 17.2. The Morgan fingerprint density at radius 2 is 1.85 bits per heavy atom. The topological polar surface area (TPSA) is 46.2 Å². The second kappa shape index (κ2) is 8.42. The predicted molar refractivity (Wildman–Crippen MR) is 85.9 cm³/mol. The molecule has 0 amide bonds. The Labute approximate surface area is 123 Å². The fraction of sp³-hybridized carbons (Fsp3) is 0.625. The van der Waals surface area contributed by atoms with E-state index < -0.39 is 9.84 Å². The predicted octanol–water partition coefficient (Wildman–Crippen LogP) is 2.98. The van der Waals surface area contributed by atoms with E-state index in [0.29, 0.717) is 12.0 Å². The lowest BCUT2D eigenvalue weighted by atomic mass is 9.90. The first-order valence-electron chi connectivity index (χ1n) is 7.40. The molecule has 3 nitrogen and oxygen atoms in total. The van der Waals surface area contributed by atoms with Crippen molar-refractivity contribution < 1.29 is 8.42 Å². The van der Waals surface area contributed by atoms with E-state index in [2.05, 4.69) is 43.4 Å². The Morgan fingerprint density at radius 1 is 1.20 bits per heavy atom. The fourth-order valence-electron chi connectivity index (χ4n) is 2.41. The lowest BCUT2D eigenvalue weighted by Gasteiger charge is -2.25. The van der Waals surface area contributed by atoms with E-state index in [4.69, 9.17) is 0 Å².